The van der Waals surface area contributed by atoms with E-state index in [2.05, 4.69) is 17.4 Å². The maximum atomic E-state index is 13.5. The van der Waals surface area contributed by atoms with Gasteiger partial charge in [-0.05, 0) is 49.1 Å². The van der Waals surface area contributed by atoms with Crippen LogP contribution in [0.4, 0.5) is 5.82 Å². The summed E-state index contributed by atoms with van der Waals surface area (Å²) < 4.78 is 1.82. The average molecular weight is 484 g/mol. The lowest BCUT2D eigenvalue weighted by molar-refractivity contribution is 0.0940. The zero-order chi connectivity index (χ0) is 24.4. The second-order valence-corrected chi connectivity index (χ2v) is 9.13. The number of nitrogens with one attached hydrogen (secondary N) is 1. The van der Waals surface area contributed by atoms with Gasteiger partial charge in [-0.25, -0.2) is 9.97 Å². The molecule has 0 unspecified atom stereocenters. The number of anilines is 1. The molecule has 0 saturated heterocycles. The van der Waals surface area contributed by atoms with Crippen molar-refractivity contribution in [2.24, 2.45) is 0 Å². The van der Waals surface area contributed by atoms with Gasteiger partial charge in [-0.3, -0.25) is 4.79 Å². The maximum Gasteiger partial charge on any atom is 0.257 e. The fourth-order valence-corrected chi connectivity index (χ4v) is 4.49. The lowest BCUT2D eigenvalue weighted by Gasteiger charge is -2.14. The Balaban J connectivity index is 1.51. The summed E-state index contributed by atoms with van der Waals surface area (Å²) in [6.45, 7) is 2.38. The number of halogens is 1. The topological polar surface area (TPSA) is 85.8 Å². The average Bonchev–Trinajstić information content (AvgIpc) is 3.13. The van der Waals surface area contributed by atoms with Crippen LogP contribution < -0.4 is 11.1 Å². The Morgan fingerprint density at radius 3 is 2.37 bits per heavy atom. The van der Waals surface area contributed by atoms with Gasteiger partial charge in [0.15, 0.2) is 5.65 Å². The van der Waals surface area contributed by atoms with Crippen LogP contribution in [0.5, 0.6) is 0 Å². The SMILES string of the molecule is C[C@@H](CCc1ccccc1)NC(=O)c1c(N)n(Cc2ccccc2Cl)c2nc3ccccc3nc12. The van der Waals surface area contributed by atoms with Crippen molar-refractivity contribution in [1.29, 1.82) is 0 Å². The second-order valence-electron chi connectivity index (χ2n) is 8.72. The third kappa shape index (κ3) is 4.70. The predicted molar refractivity (Wildman–Crippen MR) is 142 cm³/mol. The summed E-state index contributed by atoms with van der Waals surface area (Å²) >= 11 is 6.43. The minimum Gasteiger partial charge on any atom is -0.384 e. The fraction of sp³-hybridized carbons (Fsp3) is 0.179. The molecule has 2 aromatic heterocycles. The van der Waals surface area contributed by atoms with E-state index in [4.69, 9.17) is 27.3 Å². The lowest BCUT2D eigenvalue weighted by Crippen LogP contribution is -2.33. The van der Waals surface area contributed by atoms with E-state index in [0.717, 1.165) is 23.9 Å². The number of aromatic nitrogens is 3. The number of benzene rings is 3. The first-order valence-electron chi connectivity index (χ1n) is 11.6. The molecule has 0 aliphatic heterocycles. The van der Waals surface area contributed by atoms with Crippen LogP contribution in [0.1, 0.15) is 34.8 Å². The van der Waals surface area contributed by atoms with Crippen LogP contribution in [0.2, 0.25) is 5.02 Å². The van der Waals surface area contributed by atoms with E-state index in [9.17, 15) is 4.79 Å². The molecule has 0 fully saturated rings. The summed E-state index contributed by atoms with van der Waals surface area (Å²) in [5, 5.41) is 3.74. The molecule has 2 heterocycles. The van der Waals surface area contributed by atoms with Crippen molar-refractivity contribution in [1.82, 2.24) is 19.9 Å². The lowest BCUT2D eigenvalue weighted by atomic mass is 10.1. The molecule has 1 amide bonds. The summed E-state index contributed by atoms with van der Waals surface area (Å²) in [6.07, 6.45) is 1.68. The minimum atomic E-state index is -0.254. The Labute approximate surface area is 208 Å². The molecule has 0 aliphatic carbocycles. The fourth-order valence-electron chi connectivity index (χ4n) is 4.29. The molecule has 1 atom stereocenters. The van der Waals surface area contributed by atoms with E-state index < -0.39 is 0 Å². The number of carbonyl (C=O) groups excluding carboxylic acids is 1. The Hall–Kier alpha value is -3.90. The number of hydrogen-bond donors (Lipinski definition) is 2. The number of para-hydroxylation sites is 2. The molecule has 0 bridgehead atoms. The van der Waals surface area contributed by atoms with Gasteiger partial charge in [0, 0.05) is 11.1 Å². The zero-order valence-electron chi connectivity index (χ0n) is 19.4. The van der Waals surface area contributed by atoms with Crippen molar-refractivity contribution in [2.45, 2.75) is 32.4 Å². The van der Waals surface area contributed by atoms with Crippen LogP contribution in [0.3, 0.4) is 0 Å². The van der Waals surface area contributed by atoms with Crippen molar-refractivity contribution in [2.75, 3.05) is 5.73 Å². The molecule has 3 N–H and O–H groups in total. The highest BCUT2D eigenvalue weighted by atomic mass is 35.5. The molecule has 35 heavy (non-hydrogen) atoms. The highest BCUT2D eigenvalue weighted by Gasteiger charge is 2.25. The summed E-state index contributed by atoms with van der Waals surface area (Å²) in [6, 6.07) is 25.4. The van der Waals surface area contributed by atoms with E-state index in [-0.39, 0.29) is 11.9 Å². The normalized spacial score (nSPS) is 12.2. The first-order valence-corrected chi connectivity index (χ1v) is 12.0. The molecule has 5 aromatic rings. The van der Waals surface area contributed by atoms with Gasteiger partial charge in [-0.2, -0.15) is 0 Å². The van der Waals surface area contributed by atoms with Gasteiger partial charge in [0.05, 0.1) is 17.6 Å². The van der Waals surface area contributed by atoms with E-state index in [1.165, 1.54) is 5.56 Å². The van der Waals surface area contributed by atoms with Crippen molar-refractivity contribution in [3.8, 4) is 0 Å². The molecule has 0 spiro atoms. The van der Waals surface area contributed by atoms with E-state index in [1.807, 2.05) is 78.2 Å². The standard InChI is InChI=1S/C28H26ClN5O/c1-18(15-16-19-9-3-2-4-10-19)31-28(35)24-25-27(33-23-14-8-7-13-22(23)32-25)34(26(24)30)17-20-11-5-6-12-21(20)29/h2-14,18H,15-17,30H2,1H3,(H,31,35)/t18-/m0/s1. The Morgan fingerprint density at radius 1 is 0.971 bits per heavy atom. The van der Waals surface area contributed by atoms with Gasteiger partial charge in [-0.1, -0.05) is 72.3 Å². The molecule has 176 valence electrons. The van der Waals surface area contributed by atoms with Crippen LogP contribution in [0.25, 0.3) is 22.2 Å². The van der Waals surface area contributed by atoms with Crippen molar-refractivity contribution in [3.63, 3.8) is 0 Å². The number of fused-ring (bicyclic) bond motifs is 2. The molecule has 7 heteroatoms. The highest BCUT2D eigenvalue weighted by molar-refractivity contribution is 6.31. The van der Waals surface area contributed by atoms with Gasteiger partial charge in [-0.15, -0.1) is 0 Å². The Kier molecular flexibility index (Phi) is 6.38. The number of rotatable bonds is 7. The number of aryl methyl sites for hydroxylation is 1. The van der Waals surface area contributed by atoms with Crippen molar-refractivity contribution < 1.29 is 4.79 Å². The molecule has 3 aromatic carbocycles. The van der Waals surface area contributed by atoms with E-state index in [0.29, 0.717) is 39.6 Å². The minimum absolute atomic E-state index is 0.0440. The predicted octanol–water partition coefficient (Wildman–Crippen LogP) is 5.62. The second kappa shape index (κ2) is 9.76. The number of nitrogens with two attached hydrogens (primary N) is 1. The zero-order valence-corrected chi connectivity index (χ0v) is 20.2. The molecule has 0 aliphatic rings. The van der Waals surface area contributed by atoms with Gasteiger partial charge >= 0.3 is 0 Å². The summed E-state index contributed by atoms with van der Waals surface area (Å²) in [7, 11) is 0. The van der Waals surface area contributed by atoms with Gasteiger partial charge in [0.25, 0.3) is 5.91 Å². The third-order valence-electron chi connectivity index (χ3n) is 6.19. The van der Waals surface area contributed by atoms with E-state index in [1.54, 1.807) is 0 Å². The van der Waals surface area contributed by atoms with Crippen molar-refractivity contribution in [3.05, 3.63) is 101 Å². The molecule has 6 nitrogen and oxygen atoms in total. The Morgan fingerprint density at radius 2 is 1.63 bits per heavy atom. The van der Waals surface area contributed by atoms with Gasteiger partial charge in [0.1, 0.15) is 16.9 Å². The van der Waals surface area contributed by atoms with Crippen LogP contribution in [-0.2, 0) is 13.0 Å². The van der Waals surface area contributed by atoms with Crippen LogP contribution in [-0.4, -0.2) is 26.5 Å². The number of hydrogen-bond acceptors (Lipinski definition) is 4. The number of carbonyl (C=O) groups is 1. The molecule has 5 rings (SSSR count). The summed E-state index contributed by atoms with van der Waals surface area (Å²) in [5.74, 6) is 0.0681. The van der Waals surface area contributed by atoms with Crippen LogP contribution >= 0.6 is 11.6 Å². The quantitative estimate of drug-likeness (QED) is 0.314. The van der Waals surface area contributed by atoms with Crippen molar-refractivity contribution >= 4 is 45.5 Å². The van der Waals surface area contributed by atoms with Gasteiger partial charge < -0.3 is 15.6 Å². The van der Waals surface area contributed by atoms with Gasteiger partial charge in [0.2, 0.25) is 0 Å². The summed E-state index contributed by atoms with van der Waals surface area (Å²) in [5.41, 5.74) is 11.6. The highest BCUT2D eigenvalue weighted by Crippen LogP contribution is 2.30. The number of nitrogen functional groups attached to an aromatic ring is 1. The number of nitrogens with zero attached hydrogens (tertiary/aromatic N) is 3. The molecular formula is C28H26ClN5O. The smallest absolute Gasteiger partial charge is 0.257 e. The molecule has 0 radical (unpaired) electrons. The van der Waals surface area contributed by atoms with E-state index >= 15 is 0 Å². The first kappa shape index (κ1) is 22.9. The molecule has 0 saturated carbocycles. The Bertz CT molecular complexity index is 1510. The number of amides is 1. The van der Waals surface area contributed by atoms with Crippen LogP contribution in [0.15, 0.2) is 78.9 Å². The third-order valence-corrected chi connectivity index (χ3v) is 6.56. The first-order chi connectivity index (χ1) is 17.0. The largest absolute Gasteiger partial charge is 0.384 e. The van der Waals surface area contributed by atoms with Crippen LogP contribution in [0, 0.1) is 0 Å². The summed E-state index contributed by atoms with van der Waals surface area (Å²) in [4.78, 5) is 23.1. The maximum absolute atomic E-state index is 13.5. The monoisotopic (exact) mass is 483 g/mol. The molecular weight excluding hydrogens is 458 g/mol.